The molecule has 12 heteroatoms. The third-order valence-electron chi connectivity index (χ3n) is 3.71. The highest BCUT2D eigenvalue weighted by Gasteiger charge is 2.58. The third-order valence-corrected chi connectivity index (χ3v) is 4.49. The topological polar surface area (TPSA) is 95.5 Å². The van der Waals surface area contributed by atoms with Gasteiger partial charge in [0.15, 0.2) is 0 Å². The minimum Gasteiger partial charge on any atom is -0.748 e. The molecule has 0 saturated heterocycles. The Morgan fingerprint density at radius 2 is 1.72 bits per heavy atom. The minimum absolute atomic E-state index is 0.0269. The molecule has 1 aliphatic carbocycles. The van der Waals surface area contributed by atoms with Gasteiger partial charge in [-0.2, -0.15) is 22.0 Å². The summed E-state index contributed by atoms with van der Waals surface area (Å²) in [5, 5.41) is 2.85. The molecule has 25 heavy (non-hydrogen) atoms. The zero-order valence-electron chi connectivity index (χ0n) is 13.2. The zero-order chi connectivity index (χ0) is 19.3. The van der Waals surface area contributed by atoms with Gasteiger partial charge in [-0.15, -0.1) is 0 Å². The first kappa shape index (κ1) is 22.0. The number of esters is 1. The Morgan fingerprint density at radius 1 is 1.16 bits per heavy atom. The summed E-state index contributed by atoms with van der Waals surface area (Å²) in [6.07, 6.45) is -5.48. The summed E-state index contributed by atoms with van der Waals surface area (Å²) in [7, 11) is -4.87. The van der Waals surface area contributed by atoms with Gasteiger partial charge < -0.3 is 14.6 Å². The molecule has 148 valence electrons. The van der Waals surface area contributed by atoms with E-state index in [1.165, 1.54) is 0 Å². The largest absolute Gasteiger partial charge is 0.748 e. The number of hydrogen-bond acceptors (Lipinski definition) is 6. The molecule has 0 aromatic carbocycles. The van der Waals surface area contributed by atoms with E-state index in [4.69, 9.17) is 0 Å². The van der Waals surface area contributed by atoms with E-state index in [0.717, 1.165) is 32.1 Å². The molecule has 0 bridgehead atoms. The van der Waals surface area contributed by atoms with E-state index in [1.807, 2.05) is 0 Å². The van der Waals surface area contributed by atoms with Gasteiger partial charge in [-0.3, -0.25) is 4.79 Å². The predicted molar refractivity (Wildman–Crippen MR) is 74.9 cm³/mol. The lowest BCUT2D eigenvalue weighted by Gasteiger charge is -2.27. The van der Waals surface area contributed by atoms with E-state index in [1.54, 1.807) is 0 Å². The van der Waals surface area contributed by atoms with E-state index in [0.29, 0.717) is 0 Å². The fraction of sp³-hybridized carbons (Fsp3) is 0.923. The summed E-state index contributed by atoms with van der Waals surface area (Å²) in [4.78, 5) is 11.3. The van der Waals surface area contributed by atoms with Crippen LogP contribution < -0.4 is 5.32 Å². The van der Waals surface area contributed by atoms with Crippen LogP contribution in [-0.2, 0) is 19.6 Å². The maximum absolute atomic E-state index is 12.8. The first-order valence-corrected chi connectivity index (χ1v) is 9.19. The molecule has 1 aliphatic rings. The van der Waals surface area contributed by atoms with Crippen LogP contribution in [-0.4, -0.2) is 55.5 Å². The summed E-state index contributed by atoms with van der Waals surface area (Å²) in [5.41, 5.74) is 0. The van der Waals surface area contributed by atoms with Gasteiger partial charge in [0.2, 0.25) is 0 Å². The molecule has 6 nitrogen and oxygen atoms in total. The van der Waals surface area contributed by atoms with Crippen LogP contribution in [0.2, 0.25) is 0 Å². The average molecular weight is 396 g/mol. The summed E-state index contributed by atoms with van der Waals surface area (Å²) >= 11 is 0. The molecule has 1 N–H and O–H groups in total. The van der Waals surface area contributed by atoms with Crippen LogP contribution in [0.4, 0.5) is 22.0 Å². The molecule has 0 aromatic rings. The lowest BCUT2D eigenvalue weighted by molar-refractivity contribution is -0.284. The van der Waals surface area contributed by atoms with Gasteiger partial charge in [0.05, 0.1) is 15.9 Å². The highest BCUT2D eigenvalue weighted by Crippen LogP contribution is 2.38. The van der Waals surface area contributed by atoms with Crippen molar-refractivity contribution in [1.29, 1.82) is 0 Å². The third kappa shape index (κ3) is 8.27. The number of rotatable bonds is 8. The van der Waals surface area contributed by atoms with Crippen molar-refractivity contribution in [1.82, 2.24) is 5.32 Å². The van der Waals surface area contributed by atoms with Crippen molar-refractivity contribution < 1.29 is 44.5 Å². The van der Waals surface area contributed by atoms with Crippen molar-refractivity contribution >= 4 is 16.1 Å². The molecule has 1 atom stereocenters. The quantitative estimate of drug-likeness (QED) is 0.383. The highest BCUT2D eigenvalue weighted by atomic mass is 32.2. The Bertz CT molecular complexity index is 546. The summed E-state index contributed by atoms with van der Waals surface area (Å²) in [6.45, 7) is -0.324. The summed E-state index contributed by atoms with van der Waals surface area (Å²) in [6, 6.07) is -0.0269. The van der Waals surface area contributed by atoms with Crippen molar-refractivity contribution in [3.05, 3.63) is 0 Å². The van der Waals surface area contributed by atoms with Crippen molar-refractivity contribution in [2.24, 2.45) is 0 Å². The van der Waals surface area contributed by atoms with Gasteiger partial charge in [0.1, 0.15) is 12.5 Å². The smallest absolute Gasteiger partial charge is 0.453 e. The first-order valence-electron chi connectivity index (χ1n) is 7.61. The maximum Gasteiger partial charge on any atom is 0.453 e. The average Bonchev–Trinajstić information content (AvgIpc) is 2.42. The molecule has 0 amide bonds. The predicted octanol–water partition coefficient (Wildman–Crippen LogP) is 1.95. The normalized spacial score (nSPS) is 18.8. The van der Waals surface area contributed by atoms with Gasteiger partial charge in [-0.25, -0.2) is 8.42 Å². The molecule has 1 saturated carbocycles. The fourth-order valence-electron chi connectivity index (χ4n) is 2.48. The SMILES string of the molecule is O=C(CC(F)(F)C(F)(F)F)OC(CNC1CCCCC1)CS(=O)(=O)[O-]. The van der Waals surface area contributed by atoms with E-state index in [-0.39, 0.29) is 12.6 Å². The molecule has 0 heterocycles. The van der Waals surface area contributed by atoms with Crippen molar-refractivity contribution in [3.63, 3.8) is 0 Å². The van der Waals surface area contributed by atoms with Crippen LogP contribution in [0.1, 0.15) is 38.5 Å². The molecule has 0 aliphatic heterocycles. The Balaban J connectivity index is 2.64. The van der Waals surface area contributed by atoms with Gasteiger partial charge in [-0.05, 0) is 12.8 Å². The number of halogens is 5. The standard InChI is InChI=1S/C13H20F5NO5S/c14-12(15,13(16,17)18)6-11(20)24-10(8-25(21,22)23)7-19-9-4-2-1-3-5-9/h9-10,19H,1-8H2,(H,21,22,23)/p-1. The Kier molecular flexibility index (Phi) is 7.56. The molecular weight excluding hydrogens is 377 g/mol. The minimum atomic E-state index is -5.94. The number of carbonyl (C=O) groups is 1. The number of hydrogen-bond donors (Lipinski definition) is 1. The first-order chi connectivity index (χ1) is 11.3. The lowest BCUT2D eigenvalue weighted by atomic mass is 9.95. The van der Waals surface area contributed by atoms with E-state index in [2.05, 4.69) is 10.1 Å². The van der Waals surface area contributed by atoms with E-state index in [9.17, 15) is 39.7 Å². The van der Waals surface area contributed by atoms with Crippen molar-refractivity contribution in [2.45, 2.75) is 62.8 Å². The van der Waals surface area contributed by atoms with Crippen LogP contribution in [0.15, 0.2) is 0 Å². The molecular formula is C13H19F5NO5S-. The molecule has 1 unspecified atom stereocenters. The second-order valence-corrected chi connectivity index (χ2v) is 7.41. The number of ether oxygens (including phenoxy) is 1. The second-order valence-electron chi connectivity index (χ2n) is 5.96. The lowest BCUT2D eigenvalue weighted by Crippen LogP contribution is -2.43. The van der Waals surface area contributed by atoms with Crippen LogP contribution in [0.3, 0.4) is 0 Å². The maximum atomic E-state index is 12.8. The Labute approximate surface area is 141 Å². The molecule has 1 fully saturated rings. The van der Waals surface area contributed by atoms with E-state index < -0.39 is 46.5 Å². The van der Waals surface area contributed by atoms with Crippen LogP contribution >= 0.6 is 0 Å². The molecule has 1 rings (SSSR count). The summed E-state index contributed by atoms with van der Waals surface area (Å²) < 4.78 is 98.7. The highest BCUT2D eigenvalue weighted by molar-refractivity contribution is 7.85. The van der Waals surface area contributed by atoms with Gasteiger partial charge in [0.25, 0.3) is 0 Å². The molecule has 0 spiro atoms. The summed E-state index contributed by atoms with van der Waals surface area (Å²) in [5.74, 6) is -8.45. The van der Waals surface area contributed by atoms with Crippen molar-refractivity contribution in [2.75, 3.05) is 12.3 Å². The molecule has 0 aromatic heterocycles. The van der Waals surface area contributed by atoms with Crippen LogP contribution in [0.5, 0.6) is 0 Å². The molecule has 0 radical (unpaired) electrons. The van der Waals surface area contributed by atoms with Crippen molar-refractivity contribution in [3.8, 4) is 0 Å². The number of carbonyl (C=O) groups excluding carboxylic acids is 1. The van der Waals surface area contributed by atoms with Gasteiger partial charge in [-0.1, -0.05) is 19.3 Å². The fourth-order valence-corrected chi connectivity index (χ4v) is 3.12. The van der Waals surface area contributed by atoms with Crippen LogP contribution in [0, 0.1) is 0 Å². The Morgan fingerprint density at radius 3 is 2.20 bits per heavy atom. The number of nitrogens with one attached hydrogen (secondary N) is 1. The Hall–Kier alpha value is -1.01. The zero-order valence-corrected chi connectivity index (χ0v) is 14.0. The van der Waals surface area contributed by atoms with Gasteiger partial charge >= 0.3 is 18.1 Å². The number of alkyl halides is 5. The van der Waals surface area contributed by atoms with E-state index >= 15 is 0 Å². The van der Waals surface area contributed by atoms with Gasteiger partial charge in [0, 0.05) is 12.6 Å². The second kappa shape index (κ2) is 8.58. The van der Waals surface area contributed by atoms with Crippen LogP contribution in [0.25, 0.3) is 0 Å². The monoisotopic (exact) mass is 396 g/mol.